The molecule has 1 atom stereocenters. The average Bonchev–Trinajstić information content (AvgIpc) is 2.37. The molecule has 2 rings (SSSR count). The van der Waals surface area contributed by atoms with Gasteiger partial charge in [0.15, 0.2) is 0 Å². The summed E-state index contributed by atoms with van der Waals surface area (Å²) in [5.74, 6) is 0. The highest BCUT2D eigenvalue weighted by molar-refractivity contribution is 7.89. The van der Waals surface area contributed by atoms with Gasteiger partial charge in [0, 0.05) is 6.04 Å². The van der Waals surface area contributed by atoms with Crippen molar-refractivity contribution in [2.24, 2.45) is 10.6 Å². The van der Waals surface area contributed by atoms with Gasteiger partial charge in [-0.3, -0.25) is 0 Å². The lowest BCUT2D eigenvalue weighted by Crippen LogP contribution is -2.38. The second-order valence-electron chi connectivity index (χ2n) is 6.85. The minimum absolute atomic E-state index is 0.174. The van der Waals surface area contributed by atoms with Crippen LogP contribution in [0.1, 0.15) is 45.1 Å². The average molecular weight is 310 g/mol. The van der Waals surface area contributed by atoms with Crippen molar-refractivity contribution in [3.8, 4) is 0 Å². The van der Waals surface area contributed by atoms with Crippen LogP contribution in [0.3, 0.4) is 0 Å². The fourth-order valence-corrected chi connectivity index (χ4v) is 3.65. The first kappa shape index (κ1) is 16.5. The molecule has 1 aromatic carbocycles. The number of sulfonamides is 1. The third kappa shape index (κ3) is 5.09. The maximum Gasteiger partial charge on any atom is 0.238 e. The highest BCUT2D eigenvalue weighted by Crippen LogP contribution is 2.34. The molecule has 4 nitrogen and oxygen atoms in total. The van der Waals surface area contributed by atoms with Crippen molar-refractivity contribution in [3.63, 3.8) is 0 Å². The Morgan fingerprint density at radius 2 is 1.95 bits per heavy atom. The maximum atomic E-state index is 11.2. The summed E-state index contributed by atoms with van der Waals surface area (Å²) >= 11 is 0. The van der Waals surface area contributed by atoms with Crippen molar-refractivity contribution in [2.75, 3.05) is 6.54 Å². The molecular weight excluding hydrogens is 284 g/mol. The van der Waals surface area contributed by atoms with Gasteiger partial charge in [-0.25, -0.2) is 13.6 Å². The Hall–Kier alpha value is -0.910. The van der Waals surface area contributed by atoms with Crippen molar-refractivity contribution in [2.45, 2.75) is 56.9 Å². The van der Waals surface area contributed by atoms with Gasteiger partial charge in [0.25, 0.3) is 0 Å². The molecule has 1 unspecified atom stereocenters. The third-order valence-electron chi connectivity index (χ3n) is 4.30. The van der Waals surface area contributed by atoms with Crippen molar-refractivity contribution >= 4 is 10.0 Å². The molecule has 0 amide bonds. The molecule has 3 N–H and O–H groups in total. The number of primary sulfonamides is 1. The number of hydrogen-bond donors (Lipinski definition) is 2. The summed E-state index contributed by atoms with van der Waals surface area (Å²) in [6.07, 6.45) is 6.01. The summed E-state index contributed by atoms with van der Waals surface area (Å²) in [6, 6.07) is 7.44. The Bertz CT molecular complexity index is 564. The van der Waals surface area contributed by atoms with Crippen LogP contribution in [0.25, 0.3) is 0 Å². The number of nitrogens with one attached hydrogen (secondary N) is 1. The minimum Gasteiger partial charge on any atom is -0.314 e. The molecule has 118 valence electrons. The molecule has 1 aliphatic rings. The van der Waals surface area contributed by atoms with E-state index in [1.54, 1.807) is 12.1 Å². The summed E-state index contributed by atoms with van der Waals surface area (Å²) in [4.78, 5) is 0.174. The van der Waals surface area contributed by atoms with Gasteiger partial charge in [0.1, 0.15) is 0 Å². The Morgan fingerprint density at radius 3 is 2.52 bits per heavy atom. The first-order valence-electron chi connectivity index (χ1n) is 7.61. The van der Waals surface area contributed by atoms with Crippen molar-refractivity contribution in [1.82, 2.24) is 5.32 Å². The molecule has 0 spiro atoms. The fourth-order valence-electron chi connectivity index (χ4n) is 3.14. The zero-order valence-electron chi connectivity index (χ0n) is 12.9. The van der Waals surface area contributed by atoms with E-state index < -0.39 is 10.0 Å². The molecule has 21 heavy (non-hydrogen) atoms. The van der Waals surface area contributed by atoms with E-state index >= 15 is 0 Å². The van der Waals surface area contributed by atoms with Gasteiger partial charge >= 0.3 is 0 Å². The molecule has 1 aromatic rings. The van der Waals surface area contributed by atoms with E-state index in [0.29, 0.717) is 11.5 Å². The monoisotopic (exact) mass is 310 g/mol. The molecule has 0 bridgehead atoms. The van der Waals surface area contributed by atoms with E-state index in [1.165, 1.54) is 25.7 Å². The van der Waals surface area contributed by atoms with Crippen molar-refractivity contribution in [3.05, 3.63) is 29.8 Å². The van der Waals surface area contributed by atoms with Gasteiger partial charge in [-0.15, -0.1) is 0 Å². The predicted molar refractivity (Wildman–Crippen MR) is 85.6 cm³/mol. The van der Waals surface area contributed by atoms with Gasteiger partial charge in [0.05, 0.1) is 4.90 Å². The lowest BCUT2D eigenvalue weighted by atomic mass is 9.75. The number of nitrogens with two attached hydrogens (primary N) is 1. The number of benzene rings is 1. The molecule has 0 radical (unpaired) electrons. The zero-order chi connectivity index (χ0) is 15.5. The van der Waals surface area contributed by atoms with Crippen LogP contribution in [-0.2, 0) is 16.4 Å². The Kier molecular flexibility index (Phi) is 5.07. The second-order valence-corrected chi connectivity index (χ2v) is 8.41. The normalized spacial score (nSPS) is 22.1. The Morgan fingerprint density at radius 1 is 1.29 bits per heavy atom. The van der Waals surface area contributed by atoms with Crippen LogP contribution in [0.15, 0.2) is 29.2 Å². The van der Waals surface area contributed by atoms with E-state index in [1.807, 2.05) is 12.1 Å². The molecule has 1 saturated carbocycles. The van der Waals surface area contributed by atoms with Crippen LogP contribution in [-0.4, -0.2) is 21.0 Å². The van der Waals surface area contributed by atoms with Crippen LogP contribution in [0.2, 0.25) is 0 Å². The number of hydrogen-bond acceptors (Lipinski definition) is 3. The van der Waals surface area contributed by atoms with Gasteiger partial charge in [0.2, 0.25) is 10.0 Å². The van der Waals surface area contributed by atoms with Gasteiger partial charge in [-0.05, 0) is 55.3 Å². The van der Waals surface area contributed by atoms with Gasteiger partial charge in [-0.1, -0.05) is 32.4 Å². The molecule has 0 aromatic heterocycles. The summed E-state index contributed by atoms with van der Waals surface area (Å²) in [7, 11) is -3.59. The Balaban J connectivity index is 1.81. The quantitative estimate of drug-likeness (QED) is 0.877. The first-order chi connectivity index (χ1) is 9.76. The van der Waals surface area contributed by atoms with E-state index in [0.717, 1.165) is 18.5 Å². The molecular formula is C16H26N2O2S. The topological polar surface area (TPSA) is 72.2 Å². The fraction of sp³-hybridized carbons (Fsp3) is 0.625. The summed E-state index contributed by atoms with van der Waals surface area (Å²) in [5, 5.41) is 8.72. The molecule has 1 aliphatic carbocycles. The van der Waals surface area contributed by atoms with Crippen LogP contribution in [0.5, 0.6) is 0 Å². The van der Waals surface area contributed by atoms with Crippen LogP contribution in [0.4, 0.5) is 0 Å². The van der Waals surface area contributed by atoms with Crippen LogP contribution < -0.4 is 10.5 Å². The van der Waals surface area contributed by atoms with Gasteiger partial charge in [-0.2, -0.15) is 0 Å². The van der Waals surface area contributed by atoms with E-state index in [4.69, 9.17) is 5.14 Å². The SMILES string of the molecule is CC1(C)CCCC(NCCc2ccc(S(N)(=O)=O)cc2)C1. The highest BCUT2D eigenvalue weighted by Gasteiger charge is 2.27. The van der Waals surface area contributed by atoms with Crippen molar-refractivity contribution in [1.29, 1.82) is 0 Å². The lowest BCUT2D eigenvalue weighted by molar-refractivity contribution is 0.199. The minimum atomic E-state index is -3.59. The van der Waals surface area contributed by atoms with E-state index in [-0.39, 0.29) is 4.90 Å². The summed E-state index contributed by atoms with van der Waals surface area (Å²) < 4.78 is 22.4. The Labute approximate surface area is 128 Å². The van der Waals surface area contributed by atoms with Crippen molar-refractivity contribution < 1.29 is 8.42 Å². The second kappa shape index (κ2) is 6.46. The lowest BCUT2D eigenvalue weighted by Gasteiger charge is -2.35. The summed E-state index contributed by atoms with van der Waals surface area (Å²) in [5.41, 5.74) is 1.58. The predicted octanol–water partition coefficient (Wildman–Crippen LogP) is 2.43. The van der Waals surface area contributed by atoms with Crippen LogP contribution in [0, 0.1) is 5.41 Å². The molecule has 0 aliphatic heterocycles. The highest BCUT2D eigenvalue weighted by atomic mass is 32.2. The zero-order valence-corrected chi connectivity index (χ0v) is 13.7. The van der Waals surface area contributed by atoms with E-state index in [2.05, 4.69) is 19.2 Å². The molecule has 1 fully saturated rings. The largest absolute Gasteiger partial charge is 0.314 e. The molecule has 0 saturated heterocycles. The third-order valence-corrected chi connectivity index (χ3v) is 5.23. The standard InChI is InChI=1S/C16H26N2O2S/c1-16(2)10-3-4-14(12-16)18-11-9-13-5-7-15(8-6-13)21(17,19)20/h5-8,14,18H,3-4,9-12H2,1-2H3,(H2,17,19,20). The smallest absolute Gasteiger partial charge is 0.238 e. The number of rotatable bonds is 5. The van der Waals surface area contributed by atoms with Gasteiger partial charge < -0.3 is 5.32 Å². The maximum absolute atomic E-state index is 11.2. The summed E-state index contributed by atoms with van der Waals surface area (Å²) in [6.45, 7) is 5.61. The molecule has 5 heteroatoms. The van der Waals surface area contributed by atoms with E-state index in [9.17, 15) is 8.42 Å². The molecule has 0 heterocycles. The first-order valence-corrected chi connectivity index (χ1v) is 9.16. The van der Waals surface area contributed by atoms with Crippen LogP contribution >= 0.6 is 0 Å².